The number of carbonyl (C=O) groups is 1. The lowest BCUT2D eigenvalue weighted by Crippen LogP contribution is -2.34. The Balaban J connectivity index is 1.38. The van der Waals surface area contributed by atoms with Gasteiger partial charge in [-0.25, -0.2) is 15.0 Å². The van der Waals surface area contributed by atoms with E-state index in [4.69, 9.17) is 0 Å². The van der Waals surface area contributed by atoms with E-state index in [0.717, 1.165) is 24.9 Å². The number of carbonyl (C=O) groups excluding carboxylic acids is 1. The van der Waals surface area contributed by atoms with E-state index in [1.165, 1.54) is 30.6 Å². The summed E-state index contributed by atoms with van der Waals surface area (Å²) >= 11 is 1.40. The zero-order chi connectivity index (χ0) is 16.3. The van der Waals surface area contributed by atoms with Crippen molar-refractivity contribution in [3.05, 3.63) is 29.5 Å². The van der Waals surface area contributed by atoms with Crippen molar-refractivity contribution in [2.75, 3.05) is 13.1 Å². The standard InChI is InChI=1S/C18H20N4OS/c1-18-10-22(9-13(18)11-3-4-12(18)7-11)17(23)14-8-21-16(24-14)15-19-5-2-6-20-15/h2,5-6,8,11-13H,3-4,7,9-10H2,1H3/t11-,12+,13?,18-/m1/s1. The zero-order valence-electron chi connectivity index (χ0n) is 13.7. The molecule has 3 aliphatic rings. The lowest BCUT2D eigenvalue weighted by atomic mass is 9.70. The van der Waals surface area contributed by atoms with Crippen molar-refractivity contribution in [2.45, 2.75) is 26.2 Å². The molecule has 124 valence electrons. The van der Waals surface area contributed by atoms with E-state index in [1.807, 2.05) is 0 Å². The molecule has 0 spiro atoms. The summed E-state index contributed by atoms with van der Waals surface area (Å²) in [5, 5.41) is 0.713. The van der Waals surface area contributed by atoms with E-state index in [-0.39, 0.29) is 5.91 Å². The minimum atomic E-state index is 0.129. The molecule has 2 bridgehead atoms. The largest absolute Gasteiger partial charge is 0.337 e. The molecule has 0 radical (unpaired) electrons. The second-order valence-electron chi connectivity index (χ2n) is 7.67. The molecule has 1 aliphatic heterocycles. The second-order valence-corrected chi connectivity index (χ2v) is 8.70. The molecule has 5 nitrogen and oxygen atoms in total. The fourth-order valence-electron chi connectivity index (χ4n) is 5.34. The number of aromatic nitrogens is 3. The van der Waals surface area contributed by atoms with Gasteiger partial charge in [0, 0.05) is 25.5 Å². The molecule has 5 rings (SSSR count). The van der Waals surface area contributed by atoms with E-state index in [0.29, 0.717) is 27.0 Å². The molecule has 2 aliphatic carbocycles. The third kappa shape index (κ3) is 1.98. The lowest BCUT2D eigenvalue weighted by molar-refractivity contribution is 0.0764. The summed E-state index contributed by atoms with van der Waals surface area (Å²) in [6, 6.07) is 1.78. The van der Waals surface area contributed by atoms with Gasteiger partial charge < -0.3 is 4.90 Å². The Morgan fingerprint density at radius 3 is 2.92 bits per heavy atom. The van der Waals surface area contributed by atoms with Gasteiger partial charge >= 0.3 is 0 Å². The first kappa shape index (κ1) is 14.5. The Morgan fingerprint density at radius 2 is 2.12 bits per heavy atom. The Kier molecular flexibility index (Phi) is 3.08. The van der Waals surface area contributed by atoms with Crippen LogP contribution in [0.25, 0.3) is 10.8 Å². The first-order valence-electron chi connectivity index (χ1n) is 8.67. The summed E-state index contributed by atoms with van der Waals surface area (Å²) in [6.07, 6.45) is 9.19. The summed E-state index contributed by atoms with van der Waals surface area (Å²) in [5.41, 5.74) is 0.342. The van der Waals surface area contributed by atoms with Crippen LogP contribution in [-0.4, -0.2) is 38.8 Å². The van der Waals surface area contributed by atoms with Crippen LogP contribution in [0.5, 0.6) is 0 Å². The molecule has 4 atom stereocenters. The zero-order valence-corrected chi connectivity index (χ0v) is 14.5. The number of hydrogen-bond acceptors (Lipinski definition) is 5. The van der Waals surface area contributed by atoms with Gasteiger partial charge in [0.2, 0.25) is 0 Å². The highest BCUT2D eigenvalue weighted by Crippen LogP contribution is 2.62. The van der Waals surface area contributed by atoms with Gasteiger partial charge in [0.05, 0.1) is 6.20 Å². The summed E-state index contributed by atoms with van der Waals surface area (Å²) in [6.45, 7) is 4.24. The third-order valence-corrected chi connectivity index (χ3v) is 7.51. The maximum absolute atomic E-state index is 13.0. The van der Waals surface area contributed by atoms with E-state index < -0.39 is 0 Å². The number of likely N-dealkylation sites (tertiary alicyclic amines) is 1. The molecular weight excluding hydrogens is 320 g/mol. The van der Waals surface area contributed by atoms with Gasteiger partial charge in [0.1, 0.15) is 4.88 Å². The smallest absolute Gasteiger partial charge is 0.265 e. The minimum absolute atomic E-state index is 0.129. The first-order valence-corrected chi connectivity index (χ1v) is 9.49. The average Bonchev–Trinajstić information content (AvgIpc) is 3.35. The molecule has 1 saturated heterocycles. The van der Waals surface area contributed by atoms with Crippen molar-refractivity contribution >= 4 is 17.2 Å². The molecule has 2 aromatic rings. The summed E-state index contributed by atoms with van der Waals surface area (Å²) in [4.78, 5) is 28.5. The predicted molar refractivity (Wildman–Crippen MR) is 91.5 cm³/mol. The molecular formula is C18H20N4OS. The summed E-state index contributed by atoms with van der Waals surface area (Å²) in [7, 11) is 0. The van der Waals surface area contributed by atoms with E-state index in [1.54, 1.807) is 24.7 Å². The van der Waals surface area contributed by atoms with Crippen molar-refractivity contribution in [1.29, 1.82) is 0 Å². The molecule has 6 heteroatoms. The molecule has 24 heavy (non-hydrogen) atoms. The maximum atomic E-state index is 13.0. The molecule has 2 saturated carbocycles. The van der Waals surface area contributed by atoms with Crippen LogP contribution in [0.15, 0.2) is 24.7 Å². The second kappa shape index (κ2) is 5.09. The van der Waals surface area contributed by atoms with Crippen molar-refractivity contribution in [3.8, 4) is 10.8 Å². The summed E-state index contributed by atoms with van der Waals surface area (Å²) < 4.78 is 0. The van der Waals surface area contributed by atoms with Gasteiger partial charge in [0.15, 0.2) is 10.8 Å². The number of fused-ring (bicyclic) bond motifs is 5. The number of nitrogens with zero attached hydrogens (tertiary/aromatic N) is 4. The van der Waals surface area contributed by atoms with Gasteiger partial charge in [-0.05, 0) is 48.5 Å². The molecule has 0 N–H and O–H groups in total. The minimum Gasteiger partial charge on any atom is -0.337 e. The van der Waals surface area contributed by atoms with Crippen LogP contribution in [0.1, 0.15) is 35.9 Å². The third-order valence-electron chi connectivity index (χ3n) is 6.53. The van der Waals surface area contributed by atoms with Crippen LogP contribution in [0.4, 0.5) is 0 Å². The van der Waals surface area contributed by atoms with Gasteiger partial charge in [-0.1, -0.05) is 6.92 Å². The number of rotatable bonds is 2. The van der Waals surface area contributed by atoms with Crippen molar-refractivity contribution in [3.63, 3.8) is 0 Å². The van der Waals surface area contributed by atoms with Crippen LogP contribution in [0, 0.1) is 23.2 Å². The van der Waals surface area contributed by atoms with Crippen LogP contribution in [0.3, 0.4) is 0 Å². The Bertz CT molecular complexity index is 791. The fourth-order valence-corrected chi connectivity index (χ4v) is 6.17. The first-order chi connectivity index (χ1) is 11.6. The highest BCUT2D eigenvalue weighted by atomic mass is 32.1. The van der Waals surface area contributed by atoms with E-state index in [2.05, 4.69) is 26.8 Å². The van der Waals surface area contributed by atoms with Gasteiger partial charge in [-0.15, -0.1) is 11.3 Å². The molecule has 1 amide bonds. The van der Waals surface area contributed by atoms with Crippen LogP contribution in [0.2, 0.25) is 0 Å². The molecule has 3 fully saturated rings. The Hall–Kier alpha value is -1.82. The topological polar surface area (TPSA) is 59.0 Å². The predicted octanol–water partition coefficient (Wildman–Crippen LogP) is 3.11. The number of hydrogen-bond donors (Lipinski definition) is 0. The molecule has 3 heterocycles. The lowest BCUT2D eigenvalue weighted by Gasteiger charge is -2.34. The molecule has 0 aromatic carbocycles. The van der Waals surface area contributed by atoms with Crippen molar-refractivity contribution < 1.29 is 4.79 Å². The van der Waals surface area contributed by atoms with Crippen molar-refractivity contribution in [2.24, 2.45) is 23.2 Å². The highest BCUT2D eigenvalue weighted by Gasteiger charge is 2.59. The Labute approximate surface area is 145 Å². The Morgan fingerprint density at radius 1 is 1.29 bits per heavy atom. The number of amides is 1. The van der Waals surface area contributed by atoms with E-state index in [9.17, 15) is 4.79 Å². The van der Waals surface area contributed by atoms with Crippen molar-refractivity contribution in [1.82, 2.24) is 19.9 Å². The van der Waals surface area contributed by atoms with Crippen LogP contribution >= 0.6 is 11.3 Å². The van der Waals surface area contributed by atoms with Gasteiger partial charge in [0.25, 0.3) is 5.91 Å². The van der Waals surface area contributed by atoms with Gasteiger partial charge in [-0.3, -0.25) is 4.79 Å². The van der Waals surface area contributed by atoms with Gasteiger partial charge in [-0.2, -0.15) is 0 Å². The number of thiazole rings is 1. The van der Waals surface area contributed by atoms with Crippen LogP contribution in [-0.2, 0) is 0 Å². The highest BCUT2D eigenvalue weighted by molar-refractivity contribution is 7.16. The van der Waals surface area contributed by atoms with E-state index >= 15 is 0 Å². The SMILES string of the molecule is C[C@]12CN(C(=O)c3cnc(-c4ncccn4)s3)CC1[C@@H]1CC[C@H]2C1. The van der Waals surface area contributed by atoms with Crippen LogP contribution < -0.4 is 0 Å². The molecule has 1 unspecified atom stereocenters. The quantitative estimate of drug-likeness (QED) is 0.843. The normalized spacial score (nSPS) is 33.9. The monoisotopic (exact) mass is 340 g/mol. The molecule has 2 aromatic heterocycles. The maximum Gasteiger partial charge on any atom is 0.265 e. The summed E-state index contributed by atoms with van der Waals surface area (Å²) in [5.74, 6) is 3.08. The fraction of sp³-hybridized carbons (Fsp3) is 0.556. The average molecular weight is 340 g/mol.